The van der Waals surface area contributed by atoms with Crippen LogP contribution in [0.2, 0.25) is 15.1 Å². The molecule has 0 spiro atoms. The second kappa shape index (κ2) is 9.38. The van der Waals surface area contributed by atoms with Crippen LogP contribution in [0.25, 0.3) is 6.08 Å². The molecule has 0 aliphatic carbocycles. The van der Waals surface area contributed by atoms with Crippen molar-refractivity contribution in [3.63, 3.8) is 0 Å². The molecule has 5 nitrogen and oxygen atoms in total. The molecule has 0 atom stereocenters. The summed E-state index contributed by atoms with van der Waals surface area (Å²) in [5, 5.41) is 3.75. The summed E-state index contributed by atoms with van der Waals surface area (Å²) in [5.41, 5.74) is 0.936. The molecule has 0 radical (unpaired) electrons. The Hall–Kier alpha value is -2.43. The van der Waals surface area contributed by atoms with E-state index in [4.69, 9.17) is 46.0 Å². The number of thioether (sulfide) groups is 1. The molecular weight excluding hydrogens is 455 g/mol. The number of ether oxygens (including phenoxy) is 1. The Morgan fingerprint density at radius 1 is 1.21 bits per heavy atom. The van der Waals surface area contributed by atoms with E-state index in [1.54, 1.807) is 42.5 Å². The van der Waals surface area contributed by atoms with Gasteiger partial charge in [0.2, 0.25) is 0 Å². The number of halogens is 3. The van der Waals surface area contributed by atoms with Gasteiger partial charge >= 0.3 is 0 Å². The summed E-state index contributed by atoms with van der Waals surface area (Å²) >= 11 is 19.2. The van der Waals surface area contributed by atoms with Gasteiger partial charge in [-0.3, -0.25) is 9.59 Å². The predicted molar refractivity (Wildman–Crippen MR) is 118 cm³/mol. The van der Waals surface area contributed by atoms with Crippen molar-refractivity contribution >= 4 is 69.6 Å². The monoisotopic (exact) mass is 464 g/mol. The van der Waals surface area contributed by atoms with Crippen LogP contribution in [0.4, 0.5) is 0 Å². The minimum atomic E-state index is -0.494. The number of hydrogen-bond acceptors (Lipinski definition) is 4. The molecule has 0 bridgehead atoms. The van der Waals surface area contributed by atoms with Gasteiger partial charge in [0.15, 0.2) is 10.9 Å². The van der Waals surface area contributed by atoms with Gasteiger partial charge in [-0.2, -0.15) is 4.99 Å². The fourth-order valence-electron chi connectivity index (χ4n) is 2.30. The molecule has 1 saturated heterocycles. The molecule has 2 aromatic rings. The number of terminal acetylenes is 1. The van der Waals surface area contributed by atoms with Gasteiger partial charge in [0.25, 0.3) is 11.8 Å². The van der Waals surface area contributed by atoms with Crippen molar-refractivity contribution in [1.82, 2.24) is 5.32 Å². The summed E-state index contributed by atoms with van der Waals surface area (Å²) in [4.78, 5) is 28.7. The SMILES string of the molecule is C#CCOc1c(Cl)cc(/C=C2\SC(=NC(=O)c3ccc(Cl)cc3)NC2=O)cc1Cl. The number of rotatable bonds is 4. The first kappa shape index (κ1) is 21.3. The zero-order valence-electron chi connectivity index (χ0n) is 14.5. The average Bonchev–Trinajstić information content (AvgIpc) is 3.00. The molecule has 1 N–H and O–H groups in total. The molecular formula is C20H11Cl3N2O3S. The van der Waals surface area contributed by atoms with E-state index in [9.17, 15) is 9.59 Å². The quantitative estimate of drug-likeness (QED) is 0.506. The molecule has 2 aromatic carbocycles. The number of amides is 2. The molecule has 29 heavy (non-hydrogen) atoms. The largest absolute Gasteiger partial charge is 0.478 e. The molecule has 9 heteroatoms. The number of amidine groups is 1. The Bertz CT molecular complexity index is 1070. The predicted octanol–water partition coefficient (Wildman–Crippen LogP) is 5.06. The zero-order valence-corrected chi connectivity index (χ0v) is 17.6. The normalized spacial score (nSPS) is 16.0. The molecule has 1 aliphatic heterocycles. The number of benzene rings is 2. The summed E-state index contributed by atoms with van der Waals surface area (Å²) in [7, 11) is 0. The fraction of sp³-hybridized carbons (Fsp3) is 0.0500. The van der Waals surface area contributed by atoms with Gasteiger partial charge in [-0.15, -0.1) is 6.42 Å². The smallest absolute Gasteiger partial charge is 0.279 e. The molecule has 1 aliphatic rings. The lowest BCUT2D eigenvalue weighted by Crippen LogP contribution is -2.20. The van der Waals surface area contributed by atoms with E-state index in [2.05, 4.69) is 16.2 Å². The van der Waals surface area contributed by atoms with Crippen LogP contribution in [-0.4, -0.2) is 23.6 Å². The molecule has 0 unspecified atom stereocenters. The van der Waals surface area contributed by atoms with Crippen molar-refractivity contribution in [3.8, 4) is 18.1 Å². The molecule has 0 saturated carbocycles. The highest BCUT2D eigenvalue weighted by Gasteiger charge is 2.25. The zero-order chi connectivity index (χ0) is 21.0. The summed E-state index contributed by atoms with van der Waals surface area (Å²) < 4.78 is 5.30. The highest BCUT2D eigenvalue weighted by molar-refractivity contribution is 8.18. The molecule has 146 valence electrons. The van der Waals surface area contributed by atoms with E-state index in [-0.39, 0.29) is 27.6 Å². The van der Waals surface area contributed by atoms with Gasteiger partial charge in [-0.05, 0) is 59.8 Å². The van der Waals surface area contributed by atoms with Crippen molar-refractivity contribution < 1.29 is 14.3 Å². The summed E-state index contributed by atoms with van der Waals surface area (Å²) in [6.07, 6.45) is 6.74. The molecule has 3 rings (SSSR count). The summed E-state index contributed by atoms with van der Waals surface area (Å²) in [6, 6.07) is 9.47. The van der Waals surface area contributed by atoms with Crippen LogP contribution < -0.4 is 10.1 Å². The Kier molecular flexibility index (Phi) is 6.88. The van der Waals surface area contributed by atoms with Crippen LogP contribution in [-0.2, 0) is 4.79 Å². The van der Waals surface area contributed by atoms with Crippen molar-refractivity contribution in [2.24, 2.45) is 4.99 Å². The van der Waals surface area contributed by atoms with Crippen LogP contribution in [0.1, 0.15) is 15.9 Å². The first-order valence-electron chi connectivity index (χ1n) is 8.02. The number of carbonyl (C=O) groups is 2. The summed E-state index contributed by atoms with van der Waals surface area (Å²) in [5.74, 6) is 1.72. The molecule has 2 amide bonds. The van der Waals surface area contributed by atoms with E-state index in [0.717, 1.165) is 11.8 Å². The maximum absolute atomic E-state index is 12.2. The standard InChI is InChI=1S/C20H11Cl3N2O3S/c1-2-7-28-17-14(22)8-11(9-15(17)23)10-16-19(27)25-20(29-16)24-18(26)12-3-5-13(21)6-4-12/h1,3-6,8-10H,7H2,(H,24,25,26,27)/b16-10-. The Balaban J connectivity index is 1.79. The Morgan fingerprint density at radius 3 is 2.48 bits per heavy atom. The topological polar surface area (TPSA) is 67.8 Å². The molecule has 1 fully saturated rings. The first-order valence-corrected chi connectivity index (χ1v) is 9.97. The minimum absolute atomic E-state index is 0.0274. The van der Waals surface area contributed by atoms with Gasteiger partial charge in [-0.25, -0.2) is 0 Å². The van der Waals surface area contributed by atoms with Crippen LogP contribution in [0.3, 0.4) is 0 Å². The minimum Gasteiger partial charge on any atom is -0.478 e. The van der Waals surface area contributed by atoms with Gasteiger partial charge in [0.1, 0.15) is 6.61 Å². The molecule has 1 heterocycles. The summed E-state index contributed by atoms with van der Waals surface area (Å²) in [6.45, 7) is 0.0274. The number of carbonyl (C=O) groups excluding carboxylic acids is 2. The Labute approximate surface area is 186 Å². The first-order chi connectivity index (χ1) is 13.9. The lowest BCUT2D eigenvalue weighted by Gasteiger charge is -2.08. The van der Waals surface area contributed by atoms with Crippen molar-refractivity contribution in [2.75, 3.05) is 6.61 Å². The second-order valence-corrected chi connectivity index (χ2v) is 7.88. The van der Waals surface area contributed by atoms with Gasteiger partial charge < -0.3 is 10.1 Å². The lowest BCUT2D eigenvalue weighted by molar-refractivity contribution is -0.115. The van der Waals surface area contributed by atoms with Gasteiger partial charge in [0.05, 0.1) is 15.0 Å². The van der Waals surface area contributed by atoms with Crippen LogP contribution >= 0.6 is 46.6 Å². The van der Waals surface area contributed by atoms with E-state index in [1.165, 1.54) is 0 Å². The second-order valence-electron chi connectivity index (χ2n) is 5.60. The van der Waals surface area contributed by atoms with E-state index < -0.39 is 11.8 Å². The maximum atomic E-state index is 12.2. The van der Waals surface area contributed by atoms with Crippen LogP contribution in [0.15, 0.2) is 46.3 Å². The fourth-order valence-corrected chi connectivity index (χ4v) is 3.85. The third-order valence-corrected chi connectivity index (χ3v) is 5.29. The Morgan fingerprint density at radius 2 is 1.86 bits per heavy atom. The van der Waals surface area contributed by atoms with Gasteiger partial charge in [-0.1, -0.05) is 40.7 Å². The number of aliphatic imine (C=N–C) groups is 1. The molecule has 0 aromatic heterocycles. The number of nitrogens with zero attached hydrogens (tertiary/aromatic N) is 1. The van der Waals surface area contributed by atoms with E-state index >= 15 is 0 Å². The third kappa shape index (κ3) is 5.34. The van der Waals surface area contributed by atoms with Crippen LogP contribution in [0.5, 0.6) is 5.75 Å². The number of nitrogens with one attached hydrogen (secondary N) is 1. The highest BCUT2D eigenvalue weighted by atomic mass is 35.5. The van der Waals surface area contributed by atoms with E-state index in [0.29, 0.717) is 21.1 Å². The number of hydrogen-bond donors (Lipinski definition) is 1. The maximum Gasteiger partial charge on any atom is 0.279 e. The average molecular weight is 466 g/mol. The highest BCUT2D eigenvalue weighted by Crippen LogP contribution is 2.36. The lowest BCUT2D eigenvalue weighted by atomic mass is 10.2. The van der Waals surface area contributed by atoms with Crippen molar-refractivity contribution in [2.45, 2.75) is 0 Å². The van der Waals surface area contributed by atoms with Crippen LogP contribution in [0, 0.1) is 12.3 Å². The third-order valence-electron chi connectivity index (χ3n) is 3.56. The van der Waals surface area contributed by atoms with Gasteiger partial charge in [0, 0.05) is 10.6 Å². The van der Waals surface area contributed by atoms with Crippen molar-refractivity contribution in [3.05, 3.63) is 67.5 Å². The van der Waals surface area contributed by atoms with E-state index in [1.807, 2.05) is 0 Å². The van der Waals surface area contributed by atoms with Crippen molar-refractivity contribution in [1.29, 1.82) is 0 Å².